The van der Waals surface area contributed by atoms with Crippen molar-refractivity contribution >= 4 is 0 Å². The zero-order valence-electron chi connectivity index (χ0n) is 12.5. The molecule has 0 amide bonds. The summed E-state index contributed by atoms with van der Waals surface area (Å²) in [5.41, 5.74) is 5.89. The van der Waals surface area contributed by atoms with Gasteiger partial charge < -0.3 is 10.2 Å². The van der Waals surface area contributed by atoms with Crippen molar-refractivity contribution in [3.63, 3.8) is 0 Å². The second kappa shape index (κ2) is 6.18. The lowest BCUT2D eigenvalue weighted by Gasteiger charge is -2.28. The molecule has 1 heterocycles. The van der Waals surface area contributed by atoms with E-state index in [0.717, 1.165) is 25.7 Å². The first-order valence-corrected chi connectivity index (χ1v) is 8.09. The van der Waals surface area contributed by atoms with E-state index in [-0.39, 0.29) is 30.7 Å². The fourth-order valence-electron chi connectivity index (χ4n) is 3.61. The summed E-state index contributed by atoms with van der Waals surface area (Å²) in [6, 6.07) is 0.260. The first-order valence-electron chi connectivity index (χ1n) is 8.09. The van der Waals surface area contributed by atoms with E-state index in [1.165, 1.54) is 0 Å². The molecule has 1 aromatic rings. The molecule has 2 saturated carbocycles. The lowest BCUT2D eigenvalue weighted by molar-refractivity contribution is -0.182. The molecule has 1 aromatic heterocycles. The van der Waals surface area contributed by atoms with Crippen molar-refractivity contribution in [3.05, 3.63) is 11.8 Å². The van der Waals surface area contributed by atoms with Gasteiger partial charge in [-0.05, 0) is 51.4 Å². The van der Waals surface area contributed by atoms with Crippen LogP contribution < -0.4 is 5.73 Å². The SMILES string of the molecule is NC1CCC(c2nnc(C3CCC(C(F)(F)F)CC3)o2)CC1. The molecule has 0 radical (unpaired) electrons. The van der Waals surface area contributed by atoms with Crippen molar-refractivity contribution in [1.82, 2.24) is 10.2 Å². The van der Waals surface area contributed by atoms with Crippen molar-refractivity contribution in [2.45, 2.75) is 75.4 Å². The van der Waals surface area contributed by atoms with Gasteiger partial charge in [0, 0.05) is 17.9 Å². The number of hydrogen-bond acceptors (Lipinski definition) is 4. The largest absolute Gasteiger partial charge is 0.425 e. The van der Waals surface area contributed by atoms with Crippen LogP contribution in [0.2, 0.25) is 0 Å². The average molecular weight is 317 g/mol. The highest BCUT2D eigenvalue weighted by molar-refractivity contribution is 4.99. The highest BCUT2D eigenvalue weighted by Gasteiger charge is 2.42. The molecule has 2 aliphatic rings. The Morgan fingerprint density at radius 1 is 0.818 bits per heavy atom. The van der Waals surface area contributed by atoms with E-state index in [4.69, 9.17) is 10.2 Å². The summed E-state index contributed by atoms with van der Waals surface area (Å²) in [7, 11) is 0. The standard InChI is InChI=1S/C15H22F3N3O/c16-15(17,18)11-5-1-9(2-6-11)13-20-21-14(22-13)10-3-7-12(19)8-4-10/h9-12H,1-8,19H2. The number of hydrogen-bond donors (Lipinski definition) is 1. The van der Waals surface area contributed by atoms with Crippen LogP contribution in [0.4, 0.5) is 13.2 Å². The second-order valence-electron chi connectivity index (χ2n) is 6.68. The molecule has 2 fully saturated rings. The zero-order chi connectivity index (χ0) is 15.7. The molecule has 0 bridgehead atoms. The summed E-state index contributed by atoms with van der Waals surface area (Å²) in [4.78, 5) is 0. The molecular weight excluding hydrogens is 295 g/mol. The topological polar surface area (TPSA) is 64.9 Å². The number of halogens is 3. The maximum Gasteiger partial charge on any atom is 0.391 e. The molecule has 3 rings (SSSR count). The van der Waals surface area contributed by atoms with Gasteiger partial charge in [-0.2, -0.15) is 13.2 Å². The third kappa shape index (κ3) is 3.45. The Labute approximate surface area is 127 Å². The lowest BCUT2D eigenvalue weighted by atomic mass is 9.81. The van der Waals surface area contributed by atoms with Crippen LogP contribution in [0.25, 0.3) is 0 Å². The lowest BCUT2D eigenvalue weighted by Crippen LogP contribution is -2.27. The van der Waals surface area contributed by atoms with Crippen molar-refractivity contribution in [2.75, 3.05) is 0 Å². The van der Waals surface area contributed by atoms with E-state index in [0.29, 0.717) is 24.6 Å². The van der Waals surface area contributed by atoms with E-state index in [1.807, 2.05) is 0 Å². The van der Waals surface area contributed by atoms with E-state index in [9.17, 15) is 13.2 Å². The molecule has 4 nitrogen and oxygen atoms in total. The van der Waals surface area contributed by atoms with Crippen LogP contribution in [0.15, 0.2) is 4.42 Å². The molecule has 0 saturated heterocycles. The van der Waals surface area contributed by atoms with Crippen LogP contribution in [0.3, 0.4) is 0 Å². The minimum absolute atomic E-state index is 0.0225. The normalized spacial score (nSPS) is 33.8. The van der Waals surface area contributed by atoms with Gasteiger partial charge in [0.2, 0.25) is 11.8 Å². The molecule has 0 spiro atoms. The molecule has 0 atom stereocenters. The van der Waals surface area contributed by atoms with E-state index < -0.39 is 12.1 Å². The number of nitrogens with zero attached hydrogens (tertiary/aromatic N) is 2. The van der Waals surface area contributed by atoms with Gasteiger partial charge in [-0.3, -0.25) is 0 Å². The molecule has 0 aromatic carbocycles. The highest BCUT2D eigenvalue weighted by atomic mass is 19.4. The van der Waals surface area contributed by atoms with Gasteiger partial charge in [0.1, 0.15) is 0 Å². The maximum absolute atomic E-state index is 12.7. The van der Waals surface area contributed by atoms with Gasteiger partial charge in [-0.1, -0.05) is 0 Å². The maximum atomic E-state index is 12.7. The van der Waals surface area contributed by atoms with E-state index in [1.54, 1.807) is 0 Å². The molecule has 7 heteroatoms. The van der Waals surface area contributed by atoms with Crippen molar-refractivity contribution in [2.24, 2.45) is 11.7 Å². The predicted octanol–water partition coefficient (Wildman–Crippen LogP) is 3.89. The average Bonchev–Trinajstić information content (AvgIpc) is 2.97. The molecule has 124 valence electrons. The molecule has 22 heavy (non-hydrogen) atoms. The summed E-state index contributed by atoms with van der Waals surface area (Å²) < 4.78 is 43.8. The Morgan fingerprint density at radius 3 is 1.73 bits per heavy atom. The number of nitrogens with two attached hydrogens (primary N) is 1. The van der Waals surface area contributed by atoms with Gasteiger partial charge >= 0.3 is 6.18 Å². The number of aromatic nitrogens is 2. The Balaban J connectivity index is 1.58. The van der Waals surface area contributed by atoms with Gasteiger partial charge in [0.25, 0.3) is 0 Å². The Hall–Kier alpha value is -1.11. The smallest absolute Gasteiger partial charge is 0.391 e. The quantitative estimate of drug-likeness (QED) is 0.898. The summed E-state index contributed by atoms with van der Waals surface area (Å²) in [5.74, 6) is 0.217. The van der Waals surface area contributed by atoms with Crippen LogP contribution in [0.5, 0.6) is 0 Å². The molecule has 0 unspecified atom stereocenters. The minimum Gasteiger partial charge on any atom is -0.425 e. The fraction of sp³-hybridized carbons (Fsp3) is 0.867. The second-order valence-corrected chi connectivity index (χ2v) is 6.68. The van der Waals surface area contributed by atoms with Gasteiger partial charge in [0.05, 0.1) is 5.92 Å². The molecule has 2 N–H and O–H groups in total. The van der Waals surface area contributed by atoms with Crippen LogP contribution >= 0.6 is 0 Å². The first-order chi connectivity index (χ1) is 10.4. The summed E-state index contributed by atoms with van der Waals surface area (Å²) in [5, 5.41) is 8.22. The van der Waals surface area contributed by atoms with E-state index in [2.05, 4.69) is 10.2 Å². The van der Waals surface area contributed by atoms with Crippen LogP contribution in [-0.2, 0) is 0 Å². The molecule has 0 aliphatic heterocycles. The number of alkyl halides is 3. The third-order valence-electron chi connectivity index (χ3n) is 5.12. The highest BCUT2D eigenvalue weighted by Crippen LogP contribution is 2.43. The number of rotatable bonds is 2. The Bertz CT molecular complexity index is 486. The van der Waals surface area contributed by atoms with Crippen molar-refractivity contribution < 1.29 is 17.6 Å². The van der Waals surface area contributed by atoms with Gasteiger partial charge in [-0.15, -0.1) is 10.2 Å². The van der Waals surface area contributed by atoms with Gasteiger partial charge in [0.15, 0.2) is 0 Å². The van der Waals surface area contributed by atoms with E-state index >= 15 is 0 Å². The first kappa shape index (κ1) is 15.8. The third-order valence-corrected chi connectivity index (χ3v) is 5.12. The predicted molar refractivity (Wildman–Crippen MR) is 74.2 cm³/mol. The zero-order valence-corrected chi connectivity index (χ0v) is 12.5. The Kier molecular flexibility index (Phi) is 4.43. The monoisotopic (exact) mass is 317 g/mol. The fourth-order valence-corrected chi connectivity index (χ4v) is 3.61. The van der Waals surface area contributed by atoms with Crippen LogP contribution in [0.1, 0.15) is 75.0 Å². The summed E-state index contributed by atoms with van der Waals surface area (Å²) >= 11 is 0. The molecular formula is C15H22F3N3O. The summed E-state index contributed by atoms with van der Waals surface area (Å²) in [6.07, 6.45) is 0.994. The Morgan fingerprint density at radius 2 is 1.27 bits per heavy atom. The minimum atomic E-state index is -4.08. The molecule has 2 aliphatic carbocycles. The van der Waals surface area contributed by atoms with Gasteiger partial charge in [-0.25, -0.2) is 0 Å². The van der Waals surface area contributed by atoms with Crippen LogP contribution in [-0.4, -0.2) is 22.4 Å². The summed E-state index contributed by atoms with van der Waals surface area (Å²) in [6.45, 7) is 0. The van der Waals surface area contributed by atoms with Crippen molar-refractivity contribution in [3.8, 4) is 0 Å². The van der Waals surface area contributed by atoms with Crippen LogP contribution in [0, 0.1) is 5.92 Å². The van der Waals surface area contributed by atoms with Crippen molar-refractivity contribution in [1.29, 1.82) is 0 Å².